The molecule has 2 aromatic rings. The fourth-order valence-corrected chi connectivity index (χ4v) is 2.50. The first kappa shape index (κ1) is 19.0. The highest BCUT2D eigenvalue weighted by atomic mass is 79.9. The van der Waals surface area contributed by atoms with Gasteiger partial charge in [-0.1, -0.05) is 34.1 Å². The standard InChI is InChI=1S/C19H14BrN3O3/c1-25-17-10-13(16(20)11-18(17)26-8-7-21)9-14(12-22)19(24)23-15-5-3-2-4-6-15/h2-6,9-11H,8H2,1H3,(H,23,24)/b14-9-. The summed E-state index contributed by atoms with van der Waals surface area (Å²) in [5.74, 6) is 0.246. The van der Waals surface area contributed by atoms with Gasteiger partial charge in [-0.2, -0.15) is 10.5 Å². The van der Waals surface area contributed by atoms with Crippen LogP contribution in [0.25, 0.3) is 6.08 Å². The van der Waals surface area contributed by atoms with Crippen molar-refractivity contribution in [1.82, 2.24) is 0 Å². The van der Waals surface area contributed by atoms with E-state index >= 15 is 0 Å². The summed E-state index contributed by atoms with van der Waals surface area (Å²) < 4.78 is 11.1. The lowest BCUT2D eigenvalue weighted by Crippen LogP contribution is -2.13. The second-order valence-electron chi connectivity index (χ2n) is 4.96. The van der Waals surface area contributed by atoms with Gasteiger partial charge in [-0.3, -0.25) is 4.79 Å². The maximum atomic E-state index is 12.3. The molecule has 2 aromatic carbocycles. The molecule has 6 nitrogen and oxygen atoms in total. The summed E-state index contributed by atoms with van der Waals surface area (Å²) in [6.45, 7) is -0.124. The Balaban J connectivity index is 2.32. The van der Waals surface area contributed by atoms with Crippen LogP contribution in [0.5, 0.6) is 11.5 Å². The lowest BCUT2D eigenvalue weighted by Gasteiger charge is -2.11. The van der Waals surface area contributed by atoms with Crippen LogP contribution in [0.1, 0.15) is 5.56 Å². The van der Waals surface area contributed by atoms with E-state index in [2.05, 4.69) is 21.2 Å². The molecule has 26 heavy (non-hydrogen) atoms. The minimum absolute atomic E-state index is 0.0673. The summed E-state index contributed by atoms with van der Waals surface area (Å²) in [5, 5.41) is 20.6. The molecule has 1 amide bonds. The predicted molar refractivity (Wildman–Crippen MR) is 100 cm³/mol. The van der Waals surface area contributed by atoms with Gasteiger partial charge in [0.1, 0.15) is 17.7 Å². The molecule has 0 saturated carbocycles. The third kappa shape index (κ3) is 4.85. The van der Waals surface area contributed by atoms with Crippen LogP contribution in [-0.4, -0.2) is 19.6 Å². The average molecular weight is 412 g/mol. The Bertz CT molecular complexity index is 912. The second-order valence-corrected chi connectivity index (χ2v) is 5.82. The van der Waals surface area contributed by atoms with Gasteiger partial charge in [0, 0.05) is 10.2 Å². The van der Waals surface area contributed by atoms with E-state index in [1.54, 1.807) is 36.4 Å². The number of nitriles is 2. The maximum absolute atomic E-state index is 12.3. The Hall–Kier alpha value is -3.29. The van der Waals surface area contributed by atoms with Crippen LogP contribution in [0.3, 0.4) is 0 Å². The van der Waals surface area contributed by atoms with Crippen molar-refractivity contribution in [3.63, 3.8) is 0 Å². The van der Waals surface area contributed by atoms with E-state index in [1.807, 2.05) is 18.2 Å². The van der Waals surface area contributed by atoms with E-state index < -0.39 is 5.91 Å². The van der Waals surface area contributed by atoms with Gasteiger partial charge in [-0.25, -0.2) is 0 Å². The van der Waals surface area contributed by atoms with Crippen LogP contribution in [0.2, 0.25) is 0 Å². The highest BCUT2D eigenvalue weighted by Crippen LogP contribution is 2.34. The molecule has 0 radical (unpaired) electrons. The summed E-state index contributed by atoms with van der Waals surface area (Å²) in [5.41, 5.74) is 1.09. The van der Waals surface area contributed by atoms with E-state index in [0.29, 0.717) is 27.2 Å². The zero-order valence-electron chi connectivity index (χ0n) is 13.8. The number of carbonyl (C=O) groups excluding carboxylic acids is 1. The fourth-order valence-electron chi connectivity index (χ4n) is 2.07. The smallest absolute Gasteiger partial charge is 0.266 e. The number of anilines is 1. The maximum Gasteiger partial charge on any atom is 0.266 e. The molecule has 0 unspecified atom stereocenters. The number of amides is 1. The number of para-hydroxylation sites is 1. The molecule has 2 rings (SSSR count). The number of nitrogens with one attached hydrogen (secondary N) is 1. The number of hydrogen-bond acceptors (Lipinski definition) is 5. The van der Waals surface area contributed by atoms with Gasteiger partial charge in [0.25, 0.3) is 5.91 Å². The number of ether oxygens (including phenoxy) is 2. The summed E-state index contributed by atoms with van der Waals surface area (Å²) in [6, 6.07) is 15.9. The zero-order valence-corrected chi connectivity index (χ0v) is 15.4. The first-order chi connectivity index (χ1) is 12.6. The number of halogens is 1. The Morgan fingerprint density at radius 2 is 1.96 bits per heavy atom. The minimum atomic E-state index is -0.519. The number of rotatable bonds is 6. The lowest BCUT2D eigenvalue weighted by molar-refractivity contribution is -0.112. The molecule has 0 saturated heterocycles. The number of benzene rings is 2. The molecule has 0 fully saturated rings. The zero-order chi connectivity index (χ0) is 18.9. The first-order valence-corrected chi connectivity index (χ1v) is 8.23. The third-order valence-electron chi connectivity index (χ3n) is 3.27. The second kappa shape index (κ2) is 9.26. The highest BCUT2D eigenvalue weighted by molar-refractivity contribution is 9.10. The minimum Gasteiger partial charge on any atom is -0.493 e. The number of methoxy groups -OCH3 is 1. The van der Waals surface area contributed by atoms with E-state index in [-0.39, 0.29) is 12.2 Å². The normalized spacial score (nSPS) is 10.4. The van der Waals surface area contributed by atoms with Crippen molar-refractivity contribution in [3.8, 4) is 23.6 Å². The molecule has 0 aliphatic heterocycles. The van der Waals surface area contributed by atoms with Crippen LogP contribution >= 0.6 is 15.9 Å². The van der Waals surface area contributed by atoms with E-state index in [0.717, 1.165) is 0 Å². The number of nitrogens with zero attached hydrogens (tertiary/aromatic N) is 2. The van der Waals surface area contributed by atoms with E-state index in [4.69, 9.17) is 14.7 Å². The van der Waals surface area contributed by atoms with Crippen LogP contribution in [0.4, 0.5) is 5.69 Å². The van der Waals surface area contributed by atoms with Gasteiger partial charge in [0.2, 0.25) is 0 Å². The van der Waals surface area contributed by atoms with E-state index in [9.17, 15) is 10.1 Å². The molecule has 0 aliphatic rings. The first-order valence-electron chi connectivity index (χ1n) is 7.44. The van der Waals surface area contributed by atoms with Gasteiger partial charge in [0.05, 0.1) is 7.11 Å². The lowest BCUT2D eigenvalue weighted by atomic mass is 10.1. The van der Waals surface area contributed by atoms with Gasteiger partial charge in [0.15, 0.2) is 18.1 Å². The summed E-state index contributed by atoms with van der Waals surface area (Å²) in [4.78, 5) is 12.3. The molecule has 0 spiro atoms. The summed E-state index contributed by atoms with van der Waals surface area (Å²) in [6.07, 6.45) is 1.44. The molecular formula is C19H14BrN3O3. The van der Waals surface area contributed by atoms with Crippen molar-refractivity contribution in [2.45, 2.75) is 0 Å². The Kier molecular flexibility index (Phi) is 6.78. The van der Waals surface area contributed by atoms with Gasteiger partial charge < -0.3 is 14.8 Å². The number of carbonyl (C=O) groups is 1. The molecule has 0 aromatic heterocycles. The topological polar surface area (TPSA) is 95.1 Å². The van der Waals surface area contributed by atoms with Crippen molar-refractivity contribution in [1.29, 1.82) is 10.5 Å². The van der Waals surface area contributed by atoms with Crippen LogP contribution in [0, 0.1) is 22.7 Å². The van der Waals surface area contributed by atoms with Crippen molar-refractivity contribution >= 4 is 33.6 Å². The van der Waals surface area contributed by atoms with Gasteiger partial charge in [-0.05, 0) is 35.9 Å². The molecular weight excluding hydrogens is 398 g/mol. The summed E-state index contributed by atoms with van der Waals surface area (Å²) >= 11 is 3.37. The van der Waals surface area contributed by atoms with Gasteiger partial charge in [-0.15, -0.1) is 0 Å². The van der Waals surface area contributed by atoms with Crippen LogP contribution < -0.4 is 14.8 Å². The van der Waals surface area contributed by atoms with Crippen molar-refractivity contribution in [2.75, 3.05) is 19.0 Å². The molecule has 7 heteroatoms. The Morgan fingerprint density at radius 1 is 1.23 bits per heavy atom. The molecule has 0 aliphatic carbocycles. The molecule has 1 N–H and O–H groups in total. The Labute approximate surface area is 159 Å². The van der Waals surface area contributed by atoms with E-state index in [1.165, 1.54) is 13.2 Å². The largest absolute Gasteiger partial charge is 0.493 e. The molecule has 130 valence electrons. The highest BCUT2D eigenvalue weighted by Gasteiger charge is 2.13. The predicted octanol–water partition coefficient (Wildman–Crippen LogP) is 3.91. The Morgan fingerprint density at radius 3 is 2.58 bits per heavy atom. The molecule has 0 atom stereocenters. The van der Waals surface area contributed by atoms with Crippen molar-refractivity contribution in [3.05, 3.63) is 58.1 Å². The van der Waals surface area contributed by atoms with Crippen LogP contribution in [0.15, 0.2) is 52.5 Å². The molecule has 0 bridgehead atoms. The van der Waals surface area contributed by atoms with Gasteiger partial charge >= 0.3 is 0 Å². The fraction of sp³-hybridized carbons (Fsp3) is 0.105. The number of hydrogen-bond donors (Lipinski definition) is 1. The summed E-state index contributed by atoms with van der Waals surface area (Å²) in [7, 11) is 1.46. The quantitative estimate of drug-likeness (QED) is 0.574. The monoisotopic (exact) mass is 411 g/mol. The SMILES string of the molecule is COc1cc(/C=C(/C#N)C(=O)Nc2ccccc2)c(Br)cc1OCC#N. The van der Waals surface area contributed by atoms with Crippen molar-refractivity contribution in [2.24, 2.45) is 0 Å². The van der Waals surface area contributed by atoms with Crippen LogP contribution in [-0.2, 0) is 4.79 Å². The third-order valence-corrected chi connectivity index (χ3v) is 3.96. The average Bonchev–Trinajstić information content (AvgIpc) is 2.66. The van der Waals surface area contributed by atoms with Crippen molar-refractivity contribution < 1.29 is 14.3 Å². The molecule has 0 heterocycles.